The topological polar surface area (TPSA) is 79.2 Å². The molecule has 4 atom stereocenters. The average Bonchev–Trinajstić information content (AvgIpc) is 3.05. The van der Waals surface area contributed by atoms with E-state index in [1.54, 1.807) is 0 Å². The van der Waals surface area contributed by atoms with Gasteiger partial charge >= 0.3 is 0 Å². The second-order valence-corrected chi connectivity index (χ2v) is 8.08. The van der Waals surface area contributed by atoms with Gasteiger partial charge in [0.1, 0.15) is 6.04 Å². The Labute approximate surface area is 179 Å². The molecule has 5 heteroatoms. The Morgan fingerprint density at radius 3 is 2.20 bits per heavy atom. The summed E-state index contributed by atoms with van der Waals surface area (Å²) in [7, 11) is 0. The lowest BCUT2D eigenvalue weighted by Crippen LogP contribution is -2.50. The second-order valence-electron chi connectivity index (χ2n) is 8.08. The van der Waals surface area contributed by atoms with Crippen LogP contribution in [0.4, 0.5) is 0 Å². The third-order valence-corrected chi connectivity index (χ3v) is 5.46. The van der Waals surface area contributed by atoms with Crippen LogP contribution in [0.5, 0.6) is 0 Å². The molecule has 5 N–H and O–H groups in total. The zero-order valence-corrected chi connectivity index (χ0v) is 17.6. The van der Waals surface area contributed by atoms with Gasteiger partial charge in [-0.3, -0.25) is 4.79 Å². The van der Waals surface area contributed by atoms with Crippen LogP contribution in [0.1, 0.15) is 24.5 Å². The molecule has 0 saturated carbocycles. The molecular formula is C25H32N4O. The predicted octanol–water partition coefficient (Wildman–Crippen LogP) is 2.65. The lowest BCUT2D eigenvalue weighted by molar-refractivity contribution is -0.123. The van der Waals surface area contributed by atoms with Crippen molar-refractivity contribution in [3.05, 3.63) is 96.3 Å². The minimum atomic E-state index is -0.467. The second kappa shape index (κ2) is 10.1. The Bertz CT molecular complexity index is 865. The van der Waals surface area contributed by atoms with Gasteiger partial charge in [-0.2, -0.15) is 0 Å². The molecule has 1 amide bonds. The standard InChI is InChI=1S/C25H32N4O/c1-17-14-23(19(3)27-17)29-25(30)24(16-21-12-8-5-9-13-21)28-18(2)22(26)15-20-10-6-4-7-11-20/h4-13,17,22-24,27-28H,2-3,14-16,26H2,1H3,(H,29,30). The molecule has 0 aromatic heterocycles. The van der Waals surface area contributed by atoms with Gasteiger partial charge in [0, 0.05) is 29.9 Å². The van der Waals surface area contributed by atoms with E-state index < -0.39 is 6.04 Å². The van der Waals surface area contributed by atoms with Crippen molar-refractivity contribution in [1.82, 2.24) is 16.0 Å². The summed E-state index contributed by atoms with van der Waals surface area (Å²) in [5.74, 6) is -0.0750. The molecular weight excluding hydrogens is 372 g/mol. The van der Waals surface area contributed by atoms with Crippen LogP contribution in [0, 0.1) is 0 Å². The summed E-state index contributed by atoms with van der Waals surface area (Å²) in [6.07, 6.45) is 2.04. The monoisotopic (exact) mass is 404 g/mol. The normalized spacial score (nSPS) is 20.1. The van der Waals surface area contributed by atoms with Crippen LogP contribution in [-0.4, -0.2) is 30.1 Å². The molecule has 1 fully saturated rings. The highest BCUT2D eigenvalue weighted by atomic mass is 16.2. The van der Waals surface area contributed by atoms with Crippen LogP contribution in [-0.2, 0) is 17.6 Å². The maximum atomic E-state index is 13.1. The Hall–Kier alpha value is -3.05. The van der Waals surface area contributed by atoms with Gasteiger partial charge in [0.2, 0.25) is 5.91 Å². The van der Waals surface area contributed by atoms with E-state index in [1.165, 1.54) is 0 Å². The van der Waals surface area contributed by atoms with Gasteiger partial charge in [0.25, 0.3) is 0 Å². The van der Waals surface area contributed by atoms with Gasteiger partial charge in [0.15, 0.2) is 0 Å². The molecule has 1 aliphatic heterocycles. The lowest BCUT2D eigenvalue weighted by Gasteiger charge is -2.25. The van der Waals surface area contributed by atoms with Crippen LogP contribution >= 0.6 is 0 Å². The molecule has 0 aliphatic carbocycles. The molecule has 30 heavy (non-hydrogen) atoms. The molecule has 5 nitrogen and oxygen atoms in total. The number of carbonyl (C=O) groups is 1. The summed E-state index contributed by atoms with van der Waals surface area (Å²) >= 11 is 0. The predicted molar refractivity (Wildman–Crippen MR) is 123 cm³/mol. The summed E-state index contributed by atoms with van der Waals surface area (Å²) in [5.41, 5.74) is 10.1. The highest BCUT2D eigenvalue weighted by Gasteiger charge is 2.29. The van der Waals surface area contributed by atoms with Gasteiger partial charge in [0.05, 0.1) is 6.04 Å². The average molecular weight is 405 g/mol. The van der Waals surface area contributed by atoms with Gasteiger partial charge in [-0.25, -0.2) is 0 Å². The van der Waals surface area contributed by atoms with Crippen molar-refractivity contribution in [1.29, 1.82) is 0 Å². The number of nitrogens with two attached hydrogens (primary N) is 1. The van der Waals surface area contributed by atoms with E-state index in [4.69, 9.17) is 5.73 Å². The maximum absolute atomic E-state index is 13.1. The molecule has 3 rings (SSSR count). The highest BCUT2D eigenvalue weighted by molar-refractivity contribution is 5.83. The third kappa shape index (κ3) is 5.97. The van der Waals surface area contributed by atoms with Crippen LogP contribution in [0.3, 0.4) is 0 Å². The number of hydrogen-bond donors (Lipinski definition) is 4. The smallest absolute Gasteiger partial charge is 0.243 e. The first-order valence-electron chi connectivity index (χ1n) is 10.5. The zero-order chi connectivity index (χ0) is 21.5. The molecule has 0 radical (unpaired) electrons. The first kappa shape index (κ1) is 21.7. The van der Waals surface area contributed by atoms with Gasteiger partial charge in [-0.15, -0.1) is 0 Å². The number of rotatable bonds is 9. The first-order chi connectivity index (χ1) is 14.4. The van der Waals surface area contributed by atoms with Crippen LogP contribution in [0.25, 0.3) is 0 Å². The van der Waals surface area contributed by atoms with Gasteiger partial charge in [-0.1, -0.05) is 73.8 Å². The van der Waals surface area contributed by atoms with Crippen molar-refractivity contribution in [2.75, 3.05) is 0 Å². The van der Waals surface area contributed by atoms with E-state index >= 15 is 0 Å². The molecule has 1 saturated heterocycles. The molecule has 1 aliphatic rings. The van der Waals surface area contributed by atoms with E-state index in [0.29, 0.717) is 24.6 Å². The van der Waals surface area contributed by atoms with Crippen molar-refractivity contribution in [3.63, 3.8) is 0 Å². The molecule has 4 unspecified atom stereocenters. The minimum Gasteiger partial charge on any atom is -0.385 e. The Morgan fingerprint density at radius 1 is 1.10 bits per heavy atom. The van der Waals surface area contributed by atoms with Crippen molar-refractivity contribution >= 4 is 5.91 Å². The van der Waals surface area contributed by atoms with Crippen molar-refractivity contribution in [2.45, 2.75) is 50.4 Å². The summed E-state index contributed by atoms with van der Waals surface area (Å²) in [5, 5.41) is 9.71. The lowest BCUT2D eigenvalue weighted by atomic mass is 10.0. The molecule has 2 aromatic rings. The zero-order valence-electron chi connectivity index (χ0n) is 17.6. The molecule has 158 valence electrons. The van der Waals surface area contributed by atoms with Crippen molar-refractivity contribution in [2.24, 2.45) is 5.73 Å². The third-order valence-electron chi connectivity index (χ3n) is 5.46. The van der Waals surface area contributed by atoms with E-state index in [9.17, 15) is 4.79 Å². The minimum absolute atomic E-state index is 0.0705. The summed E-state index contributed by atoms with van der Waals surface area (Å²) in [6.45, 7) is 10.2. The molecule has 0 bridgehead atoms. The Balaban J connectivity index is 1.67. The Kier molecular flexibility index (Phi) is 7.31. The fraction of sp³-hybridized carbons (Fsp3) is 0.320. The number of carbonyl (C=O) groups excluding carboxylic acids is 1. The van der Waals surface area contributed by atoms with E-state index in [0.717, 1.165) is 23.2 Å². The largest absolute Gasteiger partial charge is 0.385 e. The summed E-state index contributed by atoms with van der Waals surface area (Å²) < 4.78 is 0. The number of amides is 1. The van der Waals surface area contributed by atoms with Crippen LogP contribution in [0.15, 0.2) is 85.2 Å². The first-order valence-corrected chi connectivity index (χ1v) is 10.5. The summed E-state index contributed by atoms with van der Waals surface area (Å²) in [4.78, 5) is 13.1. The summed E-state index contributed by atoms with van der Waals surface area (Å²) in [6, 6.07) is 19.5. The quantitative estimate of drug-likeness (QED) is 0.518. The molecule has 2 aromatic carbocycles. The SMILES string of the molecule is C=C(NC(Cc1ccccc1)C(=O)NC1CC(C)NC1=C)C(N)Cc1ccccc1. The van der Waals surface area contributed by atoms with Gasteiger partial charge in [-0.05, 0) is 30.9 Å². The fourth-order valence-corrected chi connectivity index (χ4v) is 3.77. The number of benzene rings is 2. The number of hydrogen-bond acceptors (Lipinski definition) is 4. The fourth-order valence-electron chi connectivity index (χ4n) is 3.77. The van der Waals surface area contributed by atoms with Crippen LogP contribution in [0.2, 0.25) is 0 Å². The van der Waals surface area contributed by atoms with Crippen LogP contribution < -0.4 is 21.7 Å². The van der Waals surface area contributed by atoms with E-state index in [-0.39, 0.29) is 18.0 Å². The molecule has 1 heterocycles. The number of nitrogens with one attached hydrogen (secondary N) is 3. The van der Waals surface area contributed by atoms with Crippen molar-refractivity contribution < 1.29 is 4.79 Å². The van der Waals surface area contributed by atoms with Gasteiger partial charge < -0.3 is 21.7 Å². The van der Waals surface area contributed by atoms with E-state index in [1.807, 2.05) is 60.7 Å². The Morgan fingerprint density at radius 2 is 1.67 bits per heavy atom. The molecule has 0 spiro atoms. The van der Waals surface area contributed by atoms with E-state index in [2.05, 4.69) is 36.0 Å². The maximum Gasteiger partial charge on any atom is 0.243 e. The van der Waals surface area contributed by atoms with Crippen molar-refractivity contribution in [3.8, 4) is 0 Å². The highest BCUT2D eigenvalue weighted by Crippen LogP contribution is 2.16.